The van der Waals surface area contributed by atoms with Crippen molar-refractivity contribution in [1.82, 2.24) is 10.2 Å². The van der Waals surface area contributed by atoms with Crippen LogP contribution in [-0.2, 0) is 26.9 Å². The molecule has 5 nitrogen and oxygen atoms in total. The third kappa shape index (κ3) is 3.72. The summed E-state index contributed by atoms with van der Waals surface area (Å²) in [5, 5.41) is 5.29. The van der Waals surface area contributed by atoms with Gasteiger partial charge in [0.1, 0.15) is 5.69 Å². The summed E-state index contributed by atoms with van der Waals surface area (Å²) >= 11 is 0. The second-order valence-corrected chi connectivity index (χ2v) is 4.57. The number of rotatable bonds is 4. The second-order valence-electron chi connectivity index (χ2n) is 4.57. The molecular weight excluding hydrogens is 277 g/mol. The van der Waals surface area contributed by atoms with Crippen molar-refractivity contribution in [2.75, 3.05) is 19.8 Å². The van der Waals surface area contributed by atoms with Crippen LogP contribution in [0.15, 0.2) is 6.20 Å². The Morgan fingerprint density at radius 3 is 2.80 bits per heavy atom. The van der Waals surface area contributed by atoms with Crippen LogP contribution < -0.4 is 0 Å². The van der Waals surface area contributed by atoms with Gasteiger partial charge in [0.05, 0.1) is 18.7 Å². The first kappa shape index (κ1) is 14.8. The van der Waals surface area contributed by atoms with Gasteiger partial charge in [-0.25, -0.2) is 0 Å². The molecule has 1 saturated heterocycles. The Hall–Kier alpha value is -1.57. The highest BCUT2D eigenvalue weighted by Crippen LogP contribution is 2.30. The molecule has 2 rings (SSSR count). The Labute approximate surface area is 113 Å². The first-order chi connectivity index (χ1) is 9.48. The van der Waals surface area contributed by atoms with Gasteiger partial charge >= 0.3 is 12.1 Å². The number of halogens is 3. The van der Waals surface area contributed by atoms with E-state index >= 15 is 0 Å². The first-order valence-electron chi connectivity index (χ1n) is 6.32. The Morgan fingerprint density at radius 2 is 2.15 bits per heavy atom. The van der Waals surface area contributed by atoms with Crippen LogP contribution in [-0.4, -0.2) is 36.0 Å². The van der Waals surface area contributed by atoms with Gasteiger partial charge in [-0.2, -0.15) is 18.3 Å². The maximum Gasteiger partial charge on any atom is 0.433 e. The van der Waals surface area contributed by atoms with Gasteiger partial charge in [0.25, 0.3) is 0 Å². The molecule has 0 bridgehead atoms. The molecule has 1 fully saturated rings. The molecular formula is C12H15F3N2O3. The van der Waals surface area contributed by atoms with Crippen molar-refractivity contribution in [2.45, 2.75) is 25.4 Å². The van der Waals surface area contributed by atoms with Gasteiger partial charge in [-0.05, 0) is 12.8 Å². The summed E-state index contributed by atoms with van der Waals surface area (Å²) in [7, 11) is 0. The zero-order chi connectivity index (χ0) is 14.6. The summed E-state index contributed by atoms with van der Waals surface area (Å²) in [6.45, 7) is 0.943. The number of H-pyrrole nitrogens is 1. The molecule has 1 N–H and O–H groups in total. The number of esters is 1. The molecule has 0 saturated carbocycles. The Bertz CT molecular complexity index is 453. The van der Waals surface area contributed by atoms with Crippen LogP contribution in [0, 0.1) is 5.92 Å². The van der Waals surface area contributed by atoms with Crippen LogP contribution >= 0.6 is 0 Å². The number of ether oxygens (including phenoxy) is 2. The highest BCUT2D eigenvalue weighted by atomic mass is 19.4. The van der Waals surface area contributed by atoms with E-state index in [0.29, 0.717) is 26.1 Å². The molecule has 0 unspecified atom stereocenters. The lowest BCUT2D eigenvalue weighted by Gasteiger charge is -2.20. The number of aromatic amines is 1. The third-order valence-corrected chi connectivity index (χ3v) is 3.17. The van der Waals surface area contributed by atoms with Crippen molar-refractivity contribution in [3.8, 4) is 0 Å². The molecule has 1 aliphatic rings. The van der Waals surface area contributed by atoms with E-state index in [9.17, 15) is 18.0 Å². The van der Waals surface area contributed by atoms with Crippen LogP contribution in [0.3, 0.4) is 0 Å². The number of aromatic nitrogens is 2. The van der Waals surface area contributed by atoms with Crippen molar-refractivity contribution in [1.29, 1.82) is 0 Å². The summed E-state index contributed by atoms with van der Waals surface area (Å²) in [6.07, 6.45) is -2.20. The first-order valence-corrected chi connectivity index (χ1v) is 6.32. The van der Waals surface area contributed by atoms with Crippen molar-refractivity contribution in [2.24, 2.45) is 5.92 Å². The number of nitrogens with zero attached hydrogens (tertiary/aromatic N) is 1. The van der Waals surface area contributed by atoms with E-state index in [1.54, 1.807) is 0 Å². The second kappa shape index (κ2) is 6.25. The van der Waals surface area contributed by atoms with Gasteiger partial charge < -0.3 is 9.47 Å². The normalized spacial score (nSPS) is 17.1. The molecule has 0 amide bonds. The average Bonchev–Trinajstić information content (AvgIpc) is 2.88. The maximum absolute atomic E-state index is 12.6. The third-order valence-electron chi connectivity index (χ3n) is 3.17. The quantitative estimate of drug-likeness (QED) is 0.861. The van der Waals surface area contributed by atoms with Crippen molar-refractivity contribution >= 4 is 5.97 Å². The topological polar surface area (TPSA) is 64.2 Å². The molecule has 112 valence electrons. The van der Waals surface area contributed by atoms with Gasteiger partial charge in [0, 0.05) is 25.2 Å². The molecule has 0 spiro atoms. The molecule has 20 heavy (non-hydrogen) atoms. The van der Waals surface area contributed by atoms with Gasteiger partial charge in [-0.15, -0.1) is 0 Å². The van der Waals surface area contributed by atoms with Gasteiger partial charge in [0.2, 0.25) is 0 Å². The van der Waals surface area contributed by atoms with Gasteiger partial charge in [-0.1, -0.05) is 0 Å². The van der Waals surface area contributed by atoms with Crippen molar-refractivity contribution in [3.05, 3.63) is 17.5 Å². The molecule has 0 aromatic carbocycles. The SMILES string of the molecule is O=C(OCCc1cn[nH]c1C(F)(F)F)C1CCOCC1. The summed E-state index contributed by atoms with van der Waals surface area (Å²) in [6, 6.07) is 0. The number of hydrogen-bond donors (Lipinski definition) is 1. The number of alkyl halides is 3. The fourth-order valence-electron chi connectivity index (χ4n) is 2.06. The molecule has 0 aliphatic carbocycles. The average molecular weight is 292 g/mol. The van der Waals surface area contributed by atoms with E-state index < -0.39 is 11.9 Å². The molecule has 1 aliphatic heterocycles. The Balaban J connectivity index is 1.81. The van der Waals surface area contributed by atoms with Crippen LogP contribution in [0.5, 0.6) is 0 Å². The summed E-state index contributed by atoms with van der Waals surface area (Å²) in [5.41, 5.74) is -0.892. The molecule has 8 heteroatoms. The number of carbonyl (C=O) groups is 1. The van der Waals surface area contributed by atoms with Crippen LogP contribution in [0.2, 0.25) is 0 Å². The molecule has 1 aromatic heterocycles. The predicted octanol–water partition coefficient (Wildman–Crippen LogP) is 1.94. The monoisotopic (exact) mass is 292 g/mol. The van der Waals surface area contributed by atoms with E-state index in [1.807, 2.05) is 5.10 Å². The minimum absolute atomic E-state index is 0.00252. The smallest absolute Gasteiger partial charge is 0.433 e. The van der Waals surface area contributed by atoms with Crippen molar-refractivity contribution < 1.29 is 27.4 Å². The number of hydrogen-bond acceptors (Lipinski definition) is 4. The van der Waals surface area contributed by atoms with Crippen LogP contribution in [0.25, 0.3) is 0 Å². The maximum atomic E-state index is 12.6. The van der Waals surface area contributed by atoms with E-state index in [0.717, 1.165) is 6.20 Å². The summed E-state index contributed by atoms with van der Waals surface area (Å²) < 4.78 is 47.8. The molecule has 2 heterocycles. The van der Waals surface area contributed by atoms with Gasteiger partial charge in [0.15, 0.2) is 0 Å². The lowest BCUT2D eigenvalue weighted by molar-refractivity contribution is -0.151. The van der Waals surface area contributed by atoms with E-state index in [4.69, 9.17) is 9.47 Å². The zero-order valence-electron chi connectivity index (χ0n) is 10.7. The van der Waals surface area contributed by atoms with Gasteiger partial charge in [-0.3, -0.25) is 9.89 Å². The molecule has 0 radical (unpaired) electrons. The van der Waals surface area contributed by atoms with Crippen LogP contribution in [0.4, 0.5) is 13.2 Å². The molecule has 1 aromatic rings. The lowest BCUT2D eigenvalue weighted by atomic mass is 10.0. The molecule has 0 atom stereocenters. The minimum atomic E-state index is -4.48. The number of carbonyl (C=O) groups excluding carboxylic acids is 1. The predicted molar refractivity (Wildman–Crippen MR) is 61.8 cm³/mol. The van der Waals surface area contributed by atoms with E-state index in [-0.39, 0.29) is 30.5 Å². The fourth-order valence-corrected chi connectivity index (χ4v) is 2.06. The summed E-state index contributed by atoms with van der Waals surface area (Å²) in [4.78, 5) is 11.7. The van der Waals surface area contributed by atoms with Crippen LogP contribution in [0.1, 0.15) is 24.1 Å². The van der Waals surface area contributed by atoms with E-state index in [1.165, 1.54) is 0 Å². The van der Waals surface area contributed by atoms with Crippen molar-refractivity contribution in [3.63, 3.8) is 0 Å². The Morgan fingerprint density at radius 1 is 1.45 bits per heavy atom. The minimum Gasteiger partial charge on any atom is -0.465 e. The zero-order valence-corrected chi connectivity index (χ0v) is 10.7. The summed E-state index contributed by atoms with van der Waals surface area (Å²) in [5.74, 6) is -0.583. The lowest BCUT2D eigenvalue weighted by Crippen LogP contribution is -2.25. The Kier molecular flexibility index (Phi) is 4.64. The van der Waals surface area contributed by atoms with E-state index in [2.05, 4.69) is 5.10 Å². The number of nitrogens with one attached hydrogen (secondary N) is 1. The largest absolute Gasteiger partial charge is 0.465 e. The fraction of sp³-hybridized carbons (Fsp3) is 0.667. The standard InChI is InChI=1S/C12H15F3N2O3/c13-12(14,15)10-9(7-16-17-10)3-6-20-11(18)8-1-4-19-5-2-8/h7-8H,1-6H2,(H,16,17). The highest BCUT2D eigenvalue weighted by Gasteiger charge is 2.35. The highest BCUT2D eigenvalue weighted by molar-refractivity contribution is 5.72.